The van der Waals surface area contributed by atoms with E-state index in [4.69, 9.17) is 0 Å². The Balaban J connectivity index is 1.78. The minimum atomic E-state index is -0.157. The molecule has 2 aromatic carbocycles. The van der Waals surface area contributed by atoms with Gasteiger partial charge in [-0.2, -0.15) is 0 Å². The molecular weight excluding hydrogens is 356 g/mol. The van der Waals surface area contributed by atoms with Gasteiger partial charge in [0.1, 0.15) is 0 Å². The van der Waals surface area contributed by atoms with Crippen LogP contribution in [0.3, 0.4) is 0 Å². The molecule has 1 heterocycles. The third-order valence-electron chi connectivity index (χ3n) is 3.91. The van der Waals surface area contributed by atoms with Gasteiger partial charge in [-0.05, 0) is 55.3 Å². The zero-order chi connectivity index (χ0) is 16.4. The van der Waals surface area contributed by atoms with Gasteiger partial charge in [0.25, 0.3) is 5.91 Å². The van der Waals surface area contributed by atoms with Crippen LogP contribution in [0.5, 0.6) is 0 Å². The summed E-state index contributed by atoms with van der Waals surface area (Å²) in [5, 5.41) is 2.89. The quantitative estimate of drug-likeness (QED) is 0.879. The molecule has 0 spiro atoms. The van der Waals surface area contributed by atoms with Crippen molar-refractivity contribution in [1.82, 2.24) is 0 Å². The van der Waals surface area contributed by atoms with E-state index in [0.717, 1.165) is 34.4 Å². The first-order valence-corrected chi connectivity index (χ1v) is 8.32. The first-order chi connectivity index (χ1) is 11.0. The molecule has 1 saturated heterocycles. The molecule has 0 aliphatic carbocycles. The number of benzene rings is 2. The van der Waals surface area contributed by atoms with Crippen LogP contribution in [0.2, 0.25) is 0 Å². The van der Waals surface area contributed by atoms with Gasteiger partial charge in [-0.15, -0.1) is 0 Å². The normalized spacial score (nSPS) is 14.2. The zero-order valence-electron chi connectivity index (χ0n) is 12.8. The van der Waals surface area contributed by atoms with Crippen LogP contribution in [-0.4, -0.2) is 18.4 Å². The fourth-order valence-corrected chi connectivity index (χ4v) is 3.17. The molecule has 0 atom stereocenters. The van der Waals surface area contributed by atoms with Crippen molar-refractivity contribution in [2.45, 2.75) is 19.8 Å². The van der Waals surface area contributed by atoms with Gasteiger partial charge in [0, 0.05) is 34.4 Å². The Morgan fingerprint density at radius 2 is 2.04 bits per heavy atom. The van der Waals surface area contributed by atoms with E-state index in [1.54, 1.807) is 12.1 Å². The molecule has 5 heteroatoms. The zero-order valence-corrected chi connectivity index (χ0v) is 14.4. The molecule has 4 nitrogen and oxygen atoms in total. The number of rotatable bonds is 3. The number of aryl methyl sites for hydroxylation is 1. The Morgan fingerprint density at radius 3 is 2.70 bits per heavy atom. The van der Waals surface area contributed by atoms with Crippen LogP contribution in [0.1, 0.15) is 28.8 Å². The summed E-state index contributed by atoms with van der Waals surface area (Å²) in [4.78, 5) is 25.9. The summed E-state index contributed by atoms with van der Waals surface area (Å²) in [6.07, 6.45) is 1.51. The summed E-state index contributed by atoms with van der Waals surface area (Å²) >= 11 is 3.36. The van der Waals surface area contributed by atoms with Crippen molar-refractivity contribution in [2.24, 2.45) is 0 Å². The SMILES string of the molecule is Cc1cc(NC(=O)c2cccc(Br)c2)ccc1N1CCCC1=O. The molecule has 0 bridgehead atoms. The van der Waals surface area contributed by atoms with Gasteiger partial charge in [-0.1, -0.05) is 22.0 Å². The molecule has 0 aromatic heterocycles. The first kappa shape index (κ1) is 15.7. The molecular formula is C18H17BrN2O2. The van der Waals surface area contributed by atoms with Crippen molar-refractivity contribution >= 4 is 39.1 Å². The minimum Gasteiger partial charge on any atom is -0.322 e. The van der Waals surface area contributed by atoms with Crippen LogP contribution < -0.4 is 10.2 Å². The van der Waals surface area contributed by atoms with E-state index in [-0.39, 0.29) is 11.8 Å². The molecule has 3 rings (SSSR count). The van der Waals surface area contributed by atoms with E-state index >= 15 is 0 Å². The molecule has 1 N–H and O–H groups in total. The number of carbonyl (C=O) groups is 2. The predicted molar refractivity (Wildman–Crippen MR) is 94.9 cm³/mol. The average Bonchev–Trinajstić information content (AvgIpc) is 2.93. The van der Waals surface area contributed by atoms with Crippen LogP contribution in [0.4, 0.5) is 11.4 Å². The van der Waals surface area contributed by atoms with Crippen LogP contribution >= 0.6 is 15.9 Å². The molecule has 0 saturated carbocycles. The molecule has 1 fully saturated rings. The highest BCUT2D eigenvalue weighted by Gasteiger charge is 2.23. The maximum absolute atomic E-state index is 12.3. The Labute approximate surface area is 143 Å². The largest absolute Gasteiger partial charge is 0.322 e. The van der Waals surface area contributed by atoms with Crippen molar-refractivity contribution in [2.75, 3.05) is 16.8 Å². The second-order valence-electron chi connectivity index (χ2n) is 5.61. The van der Waals surface area contributed by atoms with Crippen LogP contribution in [-0.2, 0) is 4.79 Å². The molecule has 1 aliphatic heterocycles. The van der Waals surface area contributed by atoms with Crippen LogP contribution in [0, 0.1) is 6.92 Å². The number of anilines is 2. The van der Waals surface area contributed by atoms with E-state index in [1.807, 2.05) is 42.2 Å². The van der Waals surface area contributed by atoms with Gasteiger partial charge < -0.3 is 10.2 Å². The Kier molecular flexibility index (Phi) is 4.48. The van der Waals surface area contributed by atoms with Gasteiger partial charge in [0.05, 0.1) is 0 Å². The lowest BCUT2D eigenvalue weighted by Gasteiger charge is -2.19. The number of carbonyl (C=O) groups excluding carboxylic acids is 2. The smallest absolute Gasteiger partial charge is 0.255 e. The molecule has 2 aromatic rings. The second kappa shape index (κ2) is 6.54. The van der Waals surface area contributed by atoms with E-state index < -0.39 is 0 Å². The fraction of sp³-hybridized carbons (Fsp3) is 0.222. The highest BCUT2D eigenvalue weighted by Crippen LogP contribution is 2.27. The topological polar surface area (TPSA) is 49.4 Å². The summed E-state index contributed by atoms with van der Waals surface area (Å²) in [6, 6.07) is 12.9. The standard InChI is InChI=1S/C18H17BrN2O2/c1-12-10-15(7-8-16(12)21-9-3-6-17(21)22)20-18(23)13-4-2-5-14(19)11-13/h2,4-5,7-8,10-11H,3,6,9H2,1H3,(H,20,23). The molecule has 0 unspecified atom stereocenters. The first-order valence-electron chi connectivity index (χ1n) is 7.52. The number of nitrogens with one attached hydrogen (secondary N) is 1. The van der Waals surface area contributed by atoms with Crippen molar-refractivity contribution < 1.29 is 9.59 Å². The van der Waals surface area contributed by atoms with E-state index in [1.165, 1.54) is 0 Å². The van der Waals surface area contributed by atoms with Gasteiger partial charge in [0.15, 0.2) is 0 Å². The highest BCUT2D eigenvalue weighted by molar-refractivity contribution is 9.10. The van der Waals surface area contributed by atoms with E-state index in [9.17, 15) is 9.59 Å². The van der Waals surface area contributed by atoms with Gasteiger partial charge in [-0.3, -0.25) is 9.59 Å². The summed E-state index contributed by atoms with van der Waals surface area (Å²) in [6.45, 7) is 2.72. The highest BCUT2D eigenvalue weighted by atomic mass is 79.9. The van der Waals surface area contributed by atoms with E-state index in [0.29, 0.717) is 12.0 Å². The maximum Gasteiger partial charge on any atom is 0.255 e. The van der Waals surface area contributed by atoms with Crippen molar-refractivity contribution in [3.8, 4) is 0 Å². The molecule has 23 heavy (non-hydrogen) atoms. The lowest BCUT2D eigenvalue weighted by atomic mass is 10.1. The summed E-state index contributed by atoms with van der Waals surface area (Å²) < 4.78 is 0.865. The third-order valence-corrected chi connectivity index (χ3v) is 4.40. The molecule has 1 aliphatic rings. The Morgan fingerprint density at radius 1 is 1.22 bits per heavy atom. The minimum absolute atomic E-state index is 0.157. The second-order valence-corrected chi connectivity index (χ2v) is 6.53. The Bertz CT molecular complexity index is 773. The number of amides is 2. The van der Waals surface area contributed by atoms with Crippen molar-refractivity contribution in [1.29, 1.82) is 0 Å². The summed E-state index contributed by atoms with van der Waals surface area (Å²) in [7, 11) is 0. The monoisotopic (exact) mass is 372 g/mol. The number of nitrogens with zero attached hydrogens (tertiary/aromatic N) is 1. The summed E-state index contributed by atoms with van der Waals surface area (Å²) in [5.74, 6) is 0.00900. The number of hydrogen-bond donors (Lipinski definition) is 1. The maximum atomic E-state index is 12.3. The lowest BCUT2D eigenvalue weighted by Crippen LogP contribution is -2.24. The van der Waals surface area contributed by atoms with E-state index in [2.05, 4.69) is 21.2 Å². The Hall–Kier alpha value is -2.14. The van der Waals surface area contributed by atoms with Crippen LogP contribution in [0.15, 0.2) is 46.9 Å². The molecule has 2 amide bonds. The van der Waals surface area contributed by atoms with Crippen molar-refractivity contribution in [3.05, 3.63) is 58.1 Å². The van der Waals surface area contributed by atoms with Gasteiger partial charge in [0.2, 0.25) is 5.91 Å². The predicted octanol–water partition coefficient (Wildman–Crippen LogP) is 4.14. The van der Waals surface area contributed by atoms with Gasteiger partial charge in [-0.25, -0.2) is 0 Å². The van der Waals surface area contributed by atoms with Crippen LogP contribution in [0.25, 0.3) is 0 Å². The summed E-state index contributed by atoms with van der Waals surface area (Å²) in [5.41, 5.74) is 3.22. The van der Waals surface area contributed by atoms with Crippen molar-refractivity contribution in [3.63, 3.8) is 0 Å². The molecule has 0 radical (unpaired) electrons. The number of hydrogen-bond acceptors (Lipinski definition) is 2. The number of halogens is 1. The molecule has 118 valence electrons. The lowest BCUT2D eigenvalue weighted by molar-refractivity contribution is -0.117. The van der Waals surface area contributed by atoms with Gasteiger partial charge >= 0.3 is 0 Å². The fourth-order valence-electron chi connectivity index (χ4n) is 2.77. The average molecular weight is 373 g/mol. The third kappa shape index (κ3) is 3.45.